The van der Waals surface area contributed by atoms with Gasteiger partial charge in [-0.05, 0) is 56.2 Å². The van der Waals surface area contributed by atoms with Crippen LogP contribution in [0.15, 0.2) is 23.2 Å². The minimum absolute atomic E-state index is 0. The number of guanidine groups is 1. The molecule has 1 aromatic carbocycles. The minimum atomic E-state index is 0. The number of hydrogen-bond donors (Lipinski definition) is 2. The summed E-state index contributed by atoms with van der Waals surface area (Å²) in [6, 6.07) is 6.43. The van der Waals surface area contributed by atoms with Crippen LogP contribution in [0.3, 0.4) is 0 Å². The van der Waals surface area contributed by atoms with Crippen molar-refractivity contribution in [1.82, 2.24) is 15.5 Å². The van der Waals surface area contributed by atoms with Crippen molar-refractivity contribution < 1.29 is 9.47 Å². The van der Waals surface area contributed by atoms with Gasteiger partial charge in [-0.1, -0.05) is 26.0 Å². The molecule has 6 nitrogen and oxygen atoms in total. The number of halogens is 1. The summed E-state index contributed by atoms with van der Waals surface area (Å²) in [5.41, 5.74) is 2.38. The van der Waals surface area contributed by atoms with Crippen molar-refractivity contribution >= 4 is 29.9 Å². The third-order valence-corrected chi connectivity index (χ3v) is 6.18. The van der Waals surface area contributed by atoms with Crippen molar-refractivity contribution in [3.63, 3.8) is 0 Å². The van der Waals surface area contributed by atoms with Crippen molar-refractivity contribution in [2.75, 3.05) is 53.0 Å². The largest absolute Gasteiger partial charge is 0.493 e. The highest BCUT2D eigenvalue weighted by Crippen LogP contribution is 2.23. The highest BCUT2D eigenvalue weighted by molar-refractivity contribution is 14.0. The molecule has 0 aliphatic carbocycles. The predicted molar refractivity (Wildman–Crippen MR) is 143 cm³/mol. The molecule has 0 bridgehead atoms. The van der Waals surface area contributed by atoms with E-state index in [9.17, 15) is 0 Å². The molecule has 2 fully saturated rings. The fourth-order valence-corrected chi connectivity index (χ4v) is 4.51. The van der Waals surface area contributed by atoms with Gasteiger partial charge in [0, 0.05) is 51.3 Å². The van der Waals surface area contributed by atoms with E-state index in [1.54, 1.807) is 0 Å². The summed E-state index contributed by atoms with van der Waals surface area (Å²) in [7, 11) is 1.84. The van der Waals surface area contributed by atoms with Crippen LogP contribution in [0.25, 0.3) is 0 Å². The van der Waals surface area contributed by atoms with E-state index in [4.69, 9.17) is 9.47 Å². The molecule has 2 unspecified atom stereocenters. The number of nitrogens with zero attached hydrogens (tertiary/aromatic N) is 2. The van der Waals surface area contributed by atoms with E-state index in [0.29, 0.717) is 18.4 Å². The number of nitrogens with one attached hydrogen (secondary N) is 2. The number of ether oxygens (including phenoxy) is 2. The standard InChI is InChI=1S/C25H42N4O2.HI/c1-19(2)15-29-10-5-6-21(16-29)13-27-25(26-4)28-14-23-8-7-20(3)12-24(23)31-18-22-9-11-30-17-22;/h7-8,12,19,21-22H,5-6,9-11,13-18H2,1-4H3,(H2,26,27,28);1H. The van der Waals surface area contributed by atoms with E-state index in [-0.39, 0.29) is 24.0 Å². The van der Waals surface area contributed by atoms with Crippen LogP contribution in [0.5, 0.6) is 5.75 Å². The Hall–Kier alpha value is -1.06. The van der Waals surface area contributed by atoms with Gasteiger partial charge in [-0.25, -0.2) is 0 Å². The normalized spacial score (nSPS) is 22.0. The average molecular weight is 559 g/mol. The van der Waals surface area contributed by atoms with E-state index in [0.717, 1.165) is 56.0 Å². The Morgan fingerprint density at radius 1 is 1.25 bits per heavy atom. The molecule has 0 saturated carbocycles. The lowest BCUT2D eigenvalue weighted by Crippen LogP contribution is -2.45. The SMILES string of the molecule is CN=C(NCc1ccc(C)cc1OCC1CCOC1)NCC1CCCN(CC(C)C)C1.I. The predicted octanol–water partition coefficient (Wildman–Crippen LogP) is 4.06. The van der Waals surface area contributed by atoms with E-state index >= 15 is 0 Å². The molecule has 0 radical (unpaired) electrons. The Morgan fingerprint density at radius 3 is 2.81 bits per heavy atom. The number of hydrogen-bond acceptors (Lipinski definition) is 4. The molecule has 7 heteroatoms. The van der Waals surface area contributed by atoms with Gasteiger partial charge in [-0.3, -0.25) is 4.99 Å². The smallest absolute Gasteiger partial charge is 0.191 e. The van der Waals surface area contributed by atoms with Gasteiger partial charge in [-0.2, -0.15) is 0 Å². The second-order valence-corrected chi connectivity index (χ2v) is 9.62. The number of likely N-dealkylation sites (tertiary alicyclic amines) is 1. The quantitative estimate of drug-likeness (QED) is 0.272. The lowest BCUT2D eigenvalue weighted by Gasteiger charge is -2.34. The van der Waals surface area contributed by atoms with Gasteiger partial charge in [0.15, 0.2) is 5.96 Å². The molecule has 2 aliphatic heterocycles. The second-order valence-electron chi connectivity index (χ2n) is 9.62. The first-order valence-corrected chi connectivity index (χ1v) is 12.0. The zero-order chi connectivity index (χ0) is 22.1. The van der Waals surface area contributed by atoms with Crippen LogP contribution in [0.1, 0.15) is 44.2 Å². The summed E-state index contributed by atoms with van der Waals surface area (Å²) in [6.07, 6.45) is 3.67. The fourth-order valence-electron chi connectivity index (χ4n) is 4.51. The Labute approximate surface area is 211 Å². The zero-order valence-corrected chi connectivity index (χ0v) is 22.7. The molecular weight excluding hydrogens is 515 g/mol. The molecule has 32 heavy (non-hydrogen) atoms. The minimum Gasteiger partial charge on any atom is -0.493 e. The van der Waals surface area contributed by atoms with Crippen LogP contribution in [0.4, 0.5) is 0 Å². The zero-order valence-electron chi connectivity index (χ0n) is 20.4. The Morgan fingerprint density at radius 2 is 2.09 bits per heavy atom. The van der Waals surface area contributed by atoms with E-state index in [2.05, 4.69) is 59.5 Å². The summed E-state index contributed by atoms with van der Waals surface area (Å²) < 4.78 is 11.7. The number of rotatable bonds is 9. The first-order chi connectivity index (χ1) is 15.0. The van der Waals surface area contributed by atoms with Crippen LogP contribution < -0.4 is 15.4 Å². The Bertz CT molecular complexity index is 707. The van der Waals surface area contributed by atoms with Crippen molar-refractivity contribution in [2.45, 2.75) is 46.6 Å². The van der Waals surface area contributed by atoms with Crippen molar-refractivity contribution in [2.24, 2.45) is 22.7 Å². The van der Waals surface area contributed by atoms with Crippen LogP contribution in [-0.4, -0.2) is 63.9 Å². The maximum absolute atomic E-state index is 6.18. The molecule has 2 saturated heterocycles. The third-order valence-electron chi connectivity index (χ3n) is 6.18. The van der Waals surface area contributed by atoms with Gasteiger partial charge in [-0.15, -0.1) is 24.0 Å². The molecule has 3 rings (SSSR count). The molecule has 1 aromatic rings. The molecule has 182 valence electrons. The lowest BCUT2D eigenvalue weighted by molar-refractivity contribution is 0.159. The Balaban J connectivity index is 0.00000363. The molecule has 0 aromatic heterocycles. The summed E-state index contributed by atoms with van der Waals surface area (Å²) in [6.45, 7) is 14.4. The highest BCUT2D eigenvalue weighted by Gasteiger charge is 2.21. The number of aliphatic imine (C=N–C) groups is 1. The van der Waals surface area contributed by atoms with Crippen LogP contribution in [0, 0.1) is 24.7 Å². The van der Waals surface area contributed by atoms with Gasteiger partial charge in [0.05, 0.1) is 13.2 Å². The molecule has 2 aliphatic rings. The Kier molecular flexibility index (Phi) is 12.1. The molecule has 0 amide bonds. The van der Waals surface area contributed by atoms with Crippen molar-refractivity contribution in [3.05, 3.63) is 29.3 Å². The average Bonchev–Trinajstić information content (AvgIpc) is 3.27. The van der Waals surface area contributed by atoms with Crippen LogP contribution in [0.2, 0.25) is 0 Å². The second kappa shape index (κ2) is 14.3. The van der Waals surface area contributed by atoms with E-state index < -0.39 is 0 Å². The molecule has 2 heterocycles. The number of aryl methyl sites for hydroxylation is 1. The molecule has 0 spiro atoms. The fraction of sp³-hybridized carbons (Fsp3) is 0.720. The summed E-state index contributed by atoms with van der Waals surface area (Å²) in [5, 5.41) is 7.02. The molecule has 2 atom stereocenters. The van der Waals surface area contributed by atoms with E-state index in [1.807, 2.05) is 7.05 Å². The maximum Gasteiger partial charge on any atom is 0.191 e. The summed E-state index contributed by atoms with van der Waals surface area (Å²) in [4.78, 5) is 7.05. The van der Waals surface area contributed by atoms with Gasteiger partial charge in [0.25, 0.3) is 0 Å². The van der Waals surface area contributed by atoms with Gasteiger partial charge < -0.3 is 25.0 Å². The van der Waals surface area contributed by atoms with Crippen LogP contribution >= 0.6 is 24.0 Å². The van der Waals surface area contributed by atoms with Crippen LogP contribution in [-0.2, 0) is 11.3 Å². The monoisotopic (exact) mass is 558 g/mol. The molecule has 2 N–H and O–H groups in total. The number of benzene rings is 1. The van der Waals surface area contributed by atoms with Crippen molar-refractivity contribution in [1.29, 1.82) is 0 Å². The topological polar surface area (TPSA) is 58.1 Å². The lowest BCUT2D eigenvalue weighted by atomic mass is 9.97. The van der Waals surface area contributed by atoms with Gasteiger partial charge >= 0.3 is 0 Å². The summed E-state index contributed by atoms with van der Waals surface area (Å²) in [5.74, 6) is 3.73. The highest BCUT2D eigenvalue weighted by atomic mass is 127. The van der Waals surface area contributed by atoms with Crippen molar-refractivity contribution in [3.8, 4) is 5.75 Å². The maximum atomic E-state index is 6.18. The first kappa shape index (κ1) is 27.2. The van der Waals surface area contributed by atoms with Gasteiger partial charge in [0.1, 0.15) is 5.75 Å². The summed E-state index contributed by atoms with van der Waals surface area (Å²) >= 11 is 0. The van der Waals surface area contributed by atoms with E-state index in [1.165, 1.54) is 38.0 Å². The molecular formula is C25H43IN4O2. The third kappa shape index (κ3) is 9.06. The number of piperidine rings is 1. The first-order valence-electron chi connectivity index (χ1n) is 12.0. The van der Waals surface area contributed by atoms with Gasteiger partial charge in [0.2, 0.25) is 0 Å².